The van der Waals surface area contributed by atoms with E-state index in [9.17, 15) is 9.59 Å². The van der Waals surface area contributed by atoms with Gasteiger partial charge in [0.05, 0.1) is 0 Å². The Labute approximate surface area is 130 Å². The third-order valence-electron chi connectivity index (χ3n) is 3.97. The predicted octanol–water partition coefficient (Wildman–Crippen LogP) is 2.17. The normalized spacial score (nSPS) is 25.6. The molecule has 2 amide bonds. The Kier molecular flexibility index (Phi) is 6.08. The van der Waals surface area contributed by atoms with Gasteiger partial charge >= 0.3 is 0 Å². The molecular formula is C15H25N3O2S. The molecule has 1 heterocycles. The topological polar surface area (TPSA) is 61.8 Å². The second kappa shape index (κ2) is 7.82. The first-order chi connectivity index (χ1) is 10.2. The minimum Gasteiger partial charge on any atom is -0.353 e. The van der Waals surface area contributed by atoms with Gasteiger partial charge in [-0.15, -0.1) is 0 Å². The van der Waals surface area contributed by atoms with Crippen LogP contribution in [0.4, 0.5) is 0 Å². The van der Waals surface area contributed by atoms with Crippen molar-refractivity contribution >= 4 is 28.7 Å². The largest absolute Gasteiger partial charge is 0.353 e. The summed E-state index contributed by atoms with van der Waals surface area (Å²) in [5.41, 5.74) is 0. The van der Waals surface area contributed by atoms with Crippen LogP contribution >= 0.6 is 11.8 Å². The predicted molar refractivity (Wildman–Crippen MR) is 86.4 cm³/mol. The van der Waals surface area contributed by atoms with Crippen molar-refractivity contribution in [2.75, 3.05) is 13.1 Å². The second-order valence-electron chi connectivity index (χ2n) is 5.55. The van der Waals surface area contributed by atoms with Gasteiger partial charge < -0.3 is 5.32 Å². The molecule has 0 spiro atoms. The highest BCUT2D eigenvalue weighted by Crippen LogP contribution is 2.29. The second-order valence-corrected chi connectivity index (χ2v) is 6.72. The highest BCUT2D eigenvalue weighted by Gasteiger charge is 2.38. The first-order valence-corrected chi connectivity index (χ1v) is 8.85. The monoisotopic (exact) mass is 311 g/mol. The quantitative estimate of drug-likeness (QED) is 0.846. The Morgan fingerprint density at radius 1 is 1.33 bits per heavy atom. The van der Waals surface area contributed by atoms with E-state index in [-0.39, 0.29) is 23.5 Å². The molecule has 2 rings (SSSR count). The number of amides is 2. The summed E-state index contributed by atoms with van der Waals surface area (Å²) >= 11 is 1.43. The molecule has 1 atom stereocenters. The molecular weight excluding hydrogens is 286 g/mol. The number of nitrogens with one attached hydrogen (secondary N) is 1. The third-order valence-corrected chi connectivity index (χ3v) is 5.18. The van der Waals surface area contributed by atoms with Crippen LogP contribution in [0.5, 0.6) is 0 Å². The van der Waals surface area contributed by atoms with E-state index in [0.717, 1.165) is 18.0 Å². The van der Waals surface area contributed by atoms with Crippen molar-refractivity contribution in [3.63, 3.8) is 0 Å². The van der Waals surface area contributed by atoms with E-state index in [4.69, 9.17) is 0 Å². The standard InChI is InChI=1S/C15H25N3O2S/c1-3-16-15-18(4-2)14(20)12(21-15)10-13(19)17-11-8-6-5-7-9-11/h11-12H,3-10H2,1-2H3,(H,17,19)/t12-/m1/s1. The lowest BCUT2D eigenvalue weighted by Gasteiger charge is -2.23. The van der Waals surface area contributed by atoms with Crippen LogP contribution in [-0.4, -0.2) is 46.3 Å². The van der Waals surface area contributed by atoms with Crippen molar-refractivity contribution in [3.05, 3.63) is 0 Å². The van der Waals surface area contributed by atoms with Gasteiger partial charge in [0.1, 0.15) is 5.25 Å². The number of rotatable bonds is 5. The molecule has 6 heteroatoms. The molecule has 1 N–H and O–H groups in total. The fourth-order valence-corrected chi connectivity index (χ4v) is 4.16. The number of carbonyl (C=O) groups is 2. The minimum atomic E-state index is -0.307. The van der Waals surface area contributed by atoms with Crippen LogP contribution in [0.1, 0.15) is 52.4 Å². The maximum atomic E-state index is 12.3. The van der Waals surface area contributed by atoms with E-state index in [1.807, 2.05) is 13.8 Å². The lowest BCUT2D eigenvalue weighted by atomic mass is 9.95. The van der Waals surface area contributed by atoms with Crippen LogP contribution in [0.25, 0.3) is 0 Å². The fourth-order valence-electron chi connectivity index (χ4n) is 2.89. The van der Waals surface area contributed by atoms with Crippen LogP contribution in [0.3, 0.4) is 0 Å². The highest BCUT2D eigenvalue weighted by molar-refractivity contribution is 8.15. The molecule has 1 saturated carbocycles. The van der Waals surface area contributed by atoms with Gasteiger partial charge in [-0.3, -0.25) is 19.5 Å². The van der Waals surface area contributed by atoms with Crippen LogP contribution < -0.4 is 5.32 Å². The average molecular weight is 311 g/mol. The summed E-state index contributed by atoms with van der Waals surface area (Å²) in [6.45, 7) is 5.17. The van der Waals surface area contributed by atoms with Crippen molar-refractivity contribution in [2.24, 2.45) is 4.99 Å². The smallest absolute Gasteiger partial charge is 0.242 e. The molecule has 118 valence electrons. The van der Waals surface area contributed by atoms with Crippen LogP contribution in [0.15, 0.2) is 4.99 Å². The van der Waals surface area contributed by atoms with Crippen LogP contribution in [0.2, 0.25) is 0 Å². The number of amidine groups is 1. The summed E-state index contributed by atoms with van der Waals surface area (Å²) in [4.78, 5) is 30.5. The number of carbonyl (C=O) groups excluding carboxylic acids is 2. The molecule has 5 nitrogen and oxygen atoms in total. The van der Waals surface area contributed by atoms with E-state index in [1.165, 1.54) is 31.0 Å². The van der Waals surface area contributed by atoms with Crippen molar-refractivity contribution in [2.45, 2.75) is 63.7 Å². The lowest BCUT2D eigenvalue weighted by Crippen LogP contribution is -2.39. The van der Waals surface area contributed by atoms with Crippen LogP contribution in [-0.2, 0) is 9.59 Å². The summed E-state index contributed by atoms with van der Waals surface area (Å²) in [6.07, 6.45) is 6.06. The molecule has 2 fully saturated rings. The van der Waals surface area contributed by atoms with Gasteiger partial charge in [-0.2, -0.15) is 0 Å². The Bertz CT molecular complexity index is 419. The number of hydrogen-bond acceptors (Lipinski definition) is 4. The Hall–Kier alpha value is -1.04. The molecule has 2 aliphatic rings. The van der Waals surface area contributed by atoms with Crippen molar-refractivity contribution in [1.29, 1.82) is 0 Å². The molecule has 0 unspecified atom stereocenters. The molecule has 0 aromatic carbocycles. The molecule has 1 saturated heterocycles. The number of nitrogens with zero attached hydrogens (tertiary/aromatic N) is 2. The number of aliphatic imine (C=N–C) groups is 1. The van der Waals surface area contributed by atoms with Gasteiger partial charge in [0.2, 0.25) is 11.8 Å². The van der Waals surface area contributed by atoms with Gasteiger partial charge in [-0.25, -0.2) is 0 Å². The minimum absolute atomic E-state index is 0.00144. The molecule has 1 aliphatic carbocycles. The lowest BCUT2D eigenvalue weighted by molar-refractivity contribution is -0.129. The summed E-state index contributed by atoms with van der Waals surface area (Å²) in [7, 11) is 0. The zero-order valence-corrected chi connectivity index (χ0v) is 13.7. The van der Waals surface area contributed by atoms with Crippen molar-refractivity contribution < 1.29 is 9.59 Å². The van der Waals surface area contributed by atoms with Gasteiger partial charge in [0.15, 0.2) is 5.17 Å². The van der Waals surface area contributed by atoms with Gasteiger partial charge in [-0.05, 0) is 26.7 Å². The maximum absolute atomic E-state index is 12.3. The molecule has 21 heavy (non-hydrogen) atoms. The fraction of sp³-hybridized carbons (Fsp3) is 0.800. The summed E-state index contributed by atoms with van der Waals surface area (Å²) in [6, 6.07) is 0.304. The summed E-state index contributed by atoms with van der Waals surface area (Å²) < 4.78 is 0. The maximum Gasteiger partial charge on any atom is 0.242 e. The van der Waals surface area contributed by atoms with Crippen LogP contribution in [0, 0.1) is 0 Å². The zero-order valence-electron chi connectivity index (χ0n) is 12.9. The van der Waals surface area contributed by atoms with Crippen molar-refractivity contribution in [1.82, 2.24) is 10.2 Å². The molecule has 0 aromatic heterocycles. The first kappa shape index (κ1) is 16.3. The third kappa shape index (κ3) is 4.22. The molecule has 0 radical (unpaired) electrons. The highest BCUT2D eigenvalue weighted by atomic mass is 32.2. The van der Waals surface area contributed by atoms with Gasteiger partial charge in [0.25, 0.3) is 0 Å². The molecule has 0 bridgehead atoms. The summed E-state index contributed by atoms with van der Waals surface area (Å²) in [5, 5.41) is 3.54. The summed E-state index contributed by atoms with van der Waals surface area (Å²) in [5.74, 6) is 0.0232. The van der Waals surface area contributed by atoms with E-state index in [1.54, 1.807) is 4.90 Å². The van der Waals surface area contributed by atoms with Gasteiger partial charge in [-0.1, -0.05) is 31.0 Å². The number of hydrogen-bond donors (Lipinski definition) is 1. The van der Waals surface area contributed by atoms with E-state index in [0.29, 0.717) is 19.1 Å². The Morgan fingerprint density at radius 2 is 2.05 bits per heavy atom. The average Bonchev–Trinajstić information content (AvgIpc) is 2.76. The van der Waals surface area contributed by atoms with E-state index >= 15 is 0 Å². The van der Waals surface area contributed by atoms with E-state index < -0.39 is 0 Å². The zero-order chi connectivity index (χ0) is 15.2. The van der Waals surface area contributed by atoms with E-state index in [2.05, 4.69) is 10.3 Å². The first-order valence-electron chi connectivity index (χ1n) is 7.97. The van der Waals surface area contributed by atoms with Crippen molar-refractivity contribution in [3.8, 4) is 0 Å². The number of thioether (sulfide) groups is 1. The molecule has 0 aromatic rings. The SMILES string of the molecule is CCN=C1S[C@H](CC(=O)NC2CCCCC2)C(=O)N1CC. The Balaban J connectivity index is 1.88. The Morgan fingerprint density at radius 3 is 2.67 bits per heavy atom. The van der Waals surface area contributed by atoms with Gasteiger partial charge in [0, 0.05) is 25.6 Å². The molecule has 1 aliphatic heterocycles.